The van der Waals surface area contributed by atoms with Gasteiger partial charge in [-0.25, -0.2) is 4.79 Å². The van der Waals surface area contributed by atoms with Crippen molar-refractivity contribution >= 4 is 18.0 Å². The fraction of sp³-hybridized carbons (Fsp3) is 0.464. The molecule has 1 saturated carbocycles. The number of amides is 2. The highest BCUT2D eigenvalue weighted by atomic mass is 16.5. The summed E-state index contributed by atoms with van der Waals surface area (Å²) >= 11 is 0. The van der Waals surface area contributed by atoms with Crippen molar-refractivity contribution in [3.05, 3.63) is 59.7 Å². The van der Waals surface area contributed by atoms with E-state index in [1.54, 1.807) is 0 Å². The molecule has 186 valence electrons. The van der Waals surface area contributed by atoms with Crippen molar-refractivity contribution in [2.75, 3.05) is 13.2 Å². The molecule has 35 heavy (non-hydrogen) atoms. The molecule has 1 fully saturated rings. The monoisotopic (exact) mass is 478 g/mol. The van der Waals surface area contributed by atoms with Gasteiger partial charge in [0, 0.05) is 24.9 Å². The molecule has 2 aromatic carbocycles. The second kappa shape index (κ2) is 11.9. The maximum Gasteiger partial charge on any atom is 0.407 e. The quantitative estimate of drug-likeness (QED) is 0.353. The van der Waals surface area contributed by atoms with E-state index >= 15 is 0 Å². The lowest BCUT2D eigenvalue weighted by Gasteiger charge is -2.25. The number of ether oxygens (including phenoxy) is 1. The highest BCUT2D eigenvalue weighted by Crippen LogP contribution is 2.44. The molecule has 0 bridgehead atoms. The van der Waals surface area contributed by atoms with Crippen molar-refractivity contribution < 1.29 is 24.2 Å². The highest BCUT2D eigenvalue weighted by molar-refractivity contribution is 5.81. The van der Waals surface area contributed by atoms with E-state index in [0.29, 0.717) is 19.4 Å². The highest BCUT2D eigenvalue weighted by Gasteiger charge is 2.32. The van der Waals surface area contributed by atoms with Gasteiger partial charge >= 0.3 is 12.1 Å². The number of carbonyl (C=O) groups excluding carboxylic acids is 2. The summed E-state index contributed by atoms with van der Waals surface area (Å²) in [5, 5.41) is 14.7. The minimum atomic E-state index is -0.826. The molecule has 7 nitrogen and oxygen atoms in total. The van der Waals surface area contributed by atoms with E-state index < -0.39 is 12.1 Å². The van der Waals surface area contributed by atoms with Gasteiger partial charge in [-0.05, 0) is 47.9 Å². The SMILES string of the molecule is O=C(O)CCCCNC(=O)[C@H]1CCCCC[C@H]1NC(=O)OCC1c2ccccc2-c2ccccc21. The second-order valence-corrected chi connectivity index (χ2v) is 9.46. The van der Waals surface area contributed by atoms with E-state index in [1.807, 2.05) is 24.3 Å². The first-order valence-corrected chi connectivity index (χ1v) is 12.7. The summed E-state index contributed by atoms with van der Waals surface area (Å²) in [5.74, 6) is -1.22. The Labute approximate surface area is 206 Å². The van der Waals surface area contributed by atoms with Gasteiger partial charge in [-0.2, -0.15) is 0 Å². The van der Waals surface area contributed by atoms with E-state index in [-0.39, 0.29) is 36.8 Å². The first-order chi connectivity index (χ1) is 17.0. The number of alkyl carbamates (subject to hydrolysis) is 1. The van der Waals surface area contributed by atoms with Gasteiger partial charge < -0.3 is 20.5 Å². The molecule has 4 rings (SSSR count). The molecular weight excluding hydrogens is 444 g/mol. The van der Waals surface area contributed by atoms with Crippen molar-refractivity contribution in [3.63, 3.8) is 0 Å². The predicted molar refractivity (Wildman–Crippen MR) is 133 cm³/mol. The average molecular weight is 479 g/mol. The van der Waals surface area contributed by atoms with E-state index in [1.165, 1.54) is 11.1 Å². The van der Waals surface area contributed by atoms with Gasteiger partial charge in [-0.1, -0.05) is 67.8 Å². The molecule has 2 aliphatic rings. The molecule has 3 N–H and O–H groups in total. The molecule has 0 spiro atoms. The molecule has 2 amide bonds. The fourth-order valence-corrected chi connectivity index (χ4v) is 5.33. The lowest BCUT2D eigenvalue weighted by atomic mass is 9.93. The summed E-state index contributed by atoms with van der Waals surface area (Å²) in [7, 11) is 0. The van der Waals surface area contributed by atoms with Crippen LogP contribution in [0, 0.1) is 5.92 Å². The number of benzene rings is 2. The zero-order chi connectivity index (χ0) is 24.6. The molecule has 0 radical (unpaired) electrons. The third kappa shape index (κ3) is 6.21. The number of hydrogen-bond donors (Lipinski definition) is 3. The number of fused-ring (bicyclic) bond motifs is 3. The number of rotatable bonds is 9. The Hall–Kier alpha value is -3.35. The van der Waals surface area contributed by atoms with Crippen LogP contribution in [-0.4, -0.2) is 42.3 Å². The van der Waals surface area contributed by atoms with E-state index in [0.717, 1.165) is 43.2 Å². The van der Waals surface area contributed by atoms with Crippen molar-refractivity contribution in [2.45, 2.75) is 63.3 Å². The summed E-state index contributed by atoms with van der Waals surface area (Å²) in [4.78, 5) is 36.3. The molecule has 0 unspecified atom stereocenters. The summed E-state index contributed by atoms with van der Waals surface area (Å²) < 4.78 is 5.71. The molecule has 0 heterocycles. The van der Waals surface area contributed by atoms with Gasteiger partial charge in [0.2, 0.25) is 5.91 Å². The van der Waals surface area contributed by atoms with Crippen LogP contribution >= 0.6 is 0 Å². The summed E-state index contributed by atoms with van der Waals surface area (Å²) in [6.07, 6.45) is 5.15. The fourth-order valence-electron chi connectivity index (χ4n) is 5.33. The Kier molecular flexibility index (Phi) is 8.40. The van der Waals surface area contributed by atoms with Crippen LogP contribution in [0.15, 0.2) is 48.5 Å². The van der Waals surface area contributed by atoms with E-state index in [9.17, 15) is 14.4 Å². The van der Waals surface area contributed by atoms with Crippen molar-refractivity contribution in [3.8, 4) is 11.1 Å². The van der Waals surface area contributed by atoms with Gasteiger partial charge in [0.1, 0.15) is 6.61 Å². The zero-order valence-electron chi connectivity index (χ0n) is 20.0. The number of carboxylic acids is 1. The largest absolute Gasteiger partial charge is 0.481 e. The van der Waals surface area contributed by atoms with Gasteiger partial charge in [-0.15, -0.1) is 0 Å². The van der Waals surface area contributed by atoms with Crippen LogP contribution in [0.3, 0.4) is 0 Å². The lowest BCUT2D eigenvalue weighted by Crippen LogP contribution is -2.46. The van der Waals surface area contributed by atoms with Gasteiger partial charge in [0.25, 0.3) is 0 Å². The minimum absolute atomic E-state index is 0.00724. The molecular formula is C28H34N2O5. The van der Waals surface area contributed by atoms with Crippen LogP contribution in [0.5, 0.6) is 0 Å². The number of nitrogens with one attached hydrogen (secondary N) is 2. The molecule has 2 aromatic rings. The Morgan fingerprint density at radius 2 is 1.54 bits per heavy atom. The van der Waals surface area contributed by atoms with Crippen LogP contribution in [0.2, 0.25) is 0 Å². The van der Waals surface area contributed by atoms with Crippen LogP contribution in [-0.2, 0) is 14.3 Å². The van der Waals surface area contributed by atoms with Crippen molar-refractivity contribution in [1.82, 2.24) is 10.6 Å². The topological polar surface area (TPSA) is 105 Å². The standard InChI is InChI=1S/C28H34N2O5/c31-26(32)16-8-9-17-29-27(33)23-14-2-1-3-15-25(23)30-28(34)35-18-24-21-12-6-4-10-19(21)20-11-5-7-13-22(20)24/h4-7,10-13,23-25H,1-3,8-9,14-18H2,(H,29,33)(H,30,34)(H,31,32)/t23-,25+/m0/s1. The normalized spacial score (nSPS) is 19.2. The van der Waals surface area contributed by atoms with Crippen molar-refractivity contribution in [1.29, 1.82) is 0 Å². The minimum Gasteiger partial charge on any atom is -0.481 e. The van der Waals surface area contributed by atoms with Crippen LogP contribution in [0.1, 0.15) is 68.4 Å². The number of carbonyl (C=O) groups is 3. The average Bonchev–Trinajstić information content (AvgIpc) is 2.98. The predicted octanol–water partition coefficient (Wildman–Crippen LogP) is 4.85. The molecule has 2 atom stereocenters. The van der Waals surface area contributed by atoms with Crippen LogP contribution in [0.25, 0.3) is 11.1 Å². The van der Waals surface area contributed by atoms with Crippen molar-refractivity contribution in [2.24, 2.45) is 5.92 Å². The Morgan fingerprint density at radius 1 is 0.886 bits per heavy atom. The molecule has 0 aliphatic heterocycles. The van der Waals surface area contributed by atoms with Crippen LogP contribution < -0.4 is 10.6 Å². The van der Waals surface area contributed by atoms with Gasteiger partial charge in [0.15, 0.2) is 0 Å². The Morgan fingerprint density at radius 3 is 2.23 bits per heavy atom. The van der Waals surface area contributed by atoms with Crippen LogP contribution in [0.4, 0.5) is 4.79 Å². The molecule has 0 aromatic heterocycles. The number of carboxylic acid groups (broad SMARTS) is 1. The number of hydrogen-bond acceptors (Lipinski definition) is 4. The maximum absolute atomic E-state index is 12.9. The third-order valence-electron chi connectivity index (χ3n) is 7.12. The number of aliphatic carboxylic acids is 1. The summed E-state index contributed by atoms with van der Waals surface area (Å²) in [5.41, 5.74) is 4.69. The smallest absolute Gasteiger partial charge is 0.407 e. The summed E-state index contributed by atoms with van der Waals surface area (Å²) in [6, 6.07) is 16.2. The Balaban J connectivity index is 1.33. The molecule has 0 saturated heterocycles. The van der Waals surface area contributed by atoms with Gasteiger partial charge in [0.05, 0.1) is 5.92 Å². The first-order valence-electron chi connectivity index (χ1n) is 12.7. The van der Waals surface area contributed by atoms with E-state index in [4.69, 9.17) is 9.84 Å². The maximum atomic E-state index is 12.9. The second-order valence-electron chi connectivity index (χ2n) is 9.46. The zero-order valence-corrected chi connectivity index (χ0v) is 20.0. The molecule has 7 heteroatoms. The van der Waals surface area contributed by atoms with Gasteiger partial charge in [-0.3, -0.25) is 9.59 Å². The number of unbranched alkanes of at least 4 members (excludes halogenated alkanes) is 1. The third-order valence-corrected chi connectivity index (χ3v) is 7.12. The Bertz CT molecular complexity index is 1010. The lowest BCUT2D eigenvalue weighted by molar-refractivity contribution is -0.137. The molecule has 2 aliphatic carbocycles. The first kappa shape index (κ1) is 24.8. The summed E-state index contributed by atoms with van der Waals surface area (Å²) in [6.45, 7) is 0.688. The van der Waals surface area contributed by atoms with E-state index in [2.05, 4.69) is 34.9 Å².